The van der Waals surface area contributed by atoms with Crippen LogP contribution in [0.3, 0.4) is 0 Å². The van der Waals surface area contributed by atoms with Gasteiger partial charge in [0.2, 0.25) is 5.96 Å². The SMILES string of the molecule is CC(C)(C)OC(=O)NC(=NCCCCCCN1CCN(C(=O)OCc2ccccc2)CC1)NC(=O)OC(C)(C)C. The van der Waals surface area contributed by atoms with Gasteiger partial charge in [0.15, 0.2) is 0 Å². The lowest BCUT2D eigenvalue weighted by molar-refractivity contribution is 0.0544. The number of amides is 3. The lowest BCUT2D eigenvalue weighted by Gasteiger charge is -2.34. The standard InChI is InChI=1S/C29H47N5O6/c1-28(2,3)39-25(35)31-24(32-26(36)40-29(4,5)6)30-16-12-7-8-13-17-33-18-20-34(21-19-33)27(37)38-22-23-14-10-9-11-15-23/h9-11,14-15H,7-8,12-13,16-22H2,1-6H3,(H2,30,31,32,35,36). The Hall–Kier alpha value is -3.34. The number of piperazine rings is 1. The van der Waals surface area contributed by atoms with Crippen LogP contribution in [0.5, 0.6) is 0 Å². The Morgan fingerprint density at radius 1 is 0.800 bits per heavy atom. The van der Waals surface area contributed by atoms with Crippen molar-refractivity contribution in [1.82, 2.24) is 20.4 Å². The number of nitrogens with one attached hydrogen (secondary N) is 2. The van der Waals surface area contributed by atoms with Gasteiger partial charge in [-0.15, -0.1) is 0 Å². The molecule has 0 saturated carbocycles. The van der Waals surface area contributed by atoms with E-state index in [0.717, 1.165) is 50.9 Å². The molecule has 40 heavy (non-hydrogen) atoms. The van der Waals surface area contributed by atoms with Crippen molar-refractivity contribution in [2.75, 3.05) is 39.3 Å². The van der Waals surface area contributed by atoms with Gasteiger partial charge in [-0.2, -0.15) is 0 Å². The zero-order valence-electron chi connectivity index (χ0n) is 25.0. The third-order valence-corrected chi connectivity index (χ3v) is 5.73. The maximum Gasteiger partial charge on any atom is 0.414 e. The first-order valence-electron chi connectivity index (χ1n) is 14.0. The number of ether oxygens (including phenoxy) is 3. The Balaban J connectivity index is 1.65. The molecule has 1 aromatic carbocycles. The van der Waals surface area contributed by atoms with E-state index >= 15 is 0 Å². The normalized spacial score (nSPS) is 14.2. The summed E-state index contributed by atoms with van der Waals surface area (Å²) < 4.78 is 16.0. The summed E-state index contributed by atoms with van der Waals surface area (Å²) in [5.74, 6) is 0.00339. The fourth-order valence-corrected chi connectivity index (χ4v) is 3.87. The van der Waals surface area contributed by atoms with Crippen molar-refractivity contribution in [3.8, 4) is 0 Å². The highest BCUT2D eigenvalue weighted by atomic mass is 16.6. The van der Waals surface area contributed by atoms with Crippen LogP contribution in [0, 0.1) is 0 Å². The minimum absolute atomic E-state index is 0.00339. The van der Waals surface area contributed by atoms with E-state index in [4.69, 9.17) is 14.2 Å². The third-order valence-electron chi connectivity index (χ3n) is 5.73. The lowest BCUT2D eigenvalue weighted by atomic mass is 10.2. The van der Waals surface area contributed by atoms with Crippen LogP contribution in [-0.4, -0.2) is 84.5 Å². The number of carbonyl (C=O) groups excluding carboxylic acids is 3. The molecule has 3 amide bonds. The summed E-state index contributed by atoms with van der Waals surface area (Å²) in [6.07, 6.45) is 2.17. The molecule has 11 nitrogen and oxygen atoms in total. The van der Waals surface area contributed by atoms with Gasteiger partial charge in [-0.05, 0) is 66.5 Å². The van der Waals surface area contributed by atoms with E-state index < -0.39 is 23.4 Å². The molecule has 0 aliphatic carbocycles. The van der Waals surface area contributed by atoms with Crippen LogP contribution < -0.4 is 10.6 Å². The van der Waals surface area contributed by atoms with Crippen molar-refractivity contribution < 1.29 is 28.6 Å². The number of aliphatic imine (C=N–C) groups is 1. The number of unbranched alkanes of at least 4 members (excludes halogenated alkanes) is 3. The number of nitrogens with zero attached hydrogens (tertiary/aromatic N) is 3. The first kappa shape index (κ1) is 32.9. The topological polar surface area (TPSA) is 122 Å². The predicted octanol–water partition coefficient (Wildman–Crippen LogP) is 4.91. The molecule has 1 aliphatic heterocycles. The molecule has 0 spiro atoms. The minimum Gasteiger partial charge on any atom is -0.445 e. The summed E-state index contributed by atoms with van der Waals surface area (Å²) >= 11 is 0. The molecular weight excluding hydrogens is 514 g/mol. The maximum absolute atomic E-state index is 12.3. The van der Waals surface area contributed by atoms with Gasteiger partial charge >= 0.3 is 18.3 Å². The van der Waals surface area contributed by atoms with E-state index in [1.54, 1.807) is 46.4 Å². The molecule has 0 aromatic heterocycles. The summed E-state index contributed by atoms with van der Waals surface area (Å²) in [7, 11) is 0. The van der Waals surface area contributed by atoms with Crippen molar-refractivity contribution in [1.29, 1.82) is 0 Å². The van der Waals surface area contributed by atoms with Crippen molar-refractivity contribution in [2.24, 2.45) is 4.99 Å². The fourth-order valence-electron chi connectivity index (χ4n) is 3.87. The van der Waals surface area contributed by atoms with Crippen LogP contribution in [0.15, 0.2) is 35.3 Å². The molecule has 2 N–H and O–H groups in total. The average Bonchev–Trinajstić information content (AvgIpc) is 2.85. The average molecular weight is 562 g/mol. The summed E-state index contributed by atoms with van der Waals surface area (Å²) in [4.78, 5) is 45.2. The maximum atomic E-state index is 12.3. The van der Waals surface area contributed by atoms with E-state index in [1.807, 2.05) is 30.3 Å². The van der Waals surface area contributed by atoms with Gasteiger partial charge in [0.25, 0.3) is 0 Å². The van der Waals surface area contributed by atoms with Gasteiger partial charge in [-0.1, -0.05) is 43.2 Å². The number of hydrogen-bond donors (Lipinski definition) is 2. The molecular formula is C29H47N5O6. The van der Waals surface area contributed by atoms with Gasteiger partial charge in [-0.3, -0.25) is 20.5 Å². The Morgan fingerprint density at radius 2 is 1.35 bits per heavy atom. The Morgan fingerprint density at radius 3 is 1.90 bits per heavy atom. The molecule has 1 heterocycles. The minimum atomic E-state index is -0.702. The molecule has 0 atom stereocenters. The van der Waals surface area contributed by atoms with E-state index in [2.05, 4.69) is 20.5 Å². The van der Waals surface area contributed by atoms with E-state index in [9.17, 15) is 14.4 Å². The van der Waals surface area contributed by atoms with E-state index in [0.29, 0.717) is 26.2 Å². The second-order valence-corrected chi connectivity index (χ2v) is 11.8. The quantitative estimate of drug-likeness (QED) is 0.190. The molecule has 1 fully saturated rings. The molecule has 0 bridgehead atoms. The van der Waals surface area contributed by atoms with Crippen LogP contribution >= 0.6 is 0 Å². The number of rotatable bonds is 9. The second-order valence-electron chi connectivity index (χ2n) is 11.8. The number of benzene rings is 1. The van der Waals surface area contributed by atoms with Crippen molar-refractivity contribution >= 4 is 24.2 Å². The molecule has 1 aliphatic rings. The molecule has 1 aromatic rings. The monoisotopic (exact) mass is 561 g/mol. The van der Waals surface area contributed by atoms with Gasteiger partial charge in [-0.25, -0.2) is 14.4 Å². The molecule has 1 saturated heterocycles. The summed E-state index contributed by atoms with van der Waals surface area (Å²) in [6.45, 7) is 15.2. The number of guanidine groups is 1. The number of carbonyl (C=O) groups is 3. The predicted molar refractivity (Wildman–Crippen MR) is 154 cm³/mol. The first-order valence-corrected chi connectivity index (χ1v) is 14.0. The largest absolute Gasteiger partial charge is 0.445 e. The number of alkyl carbamates (subject to hydrolysis) is 2. The summed E-state index contributed by atoms with van der Waals surface area (Å²) in [5.41, 5.74) is -0.381. The van der Waals surface area contributed by atoms with Crippen LogP contribution in [0.1, 0.15) is 72.8 Å². The Bertz CT molecular complexity index is 931. The van der Waals surface area contributed by atoms with Gasteiger partial charge in [0.05, 0.1) is 0 Å². The smallest absolute Gasteiger partial charge is 0.414 e. The molecule has 0 radical (unpaired) electrons. The Kier molecular flexibility index (Phi) is 13.2. The molecule has 0 unspecified atom stereocenters. The second kappa shape index (κ2) is 16.1. The molecule has 11 heteroatoms. The first-order chi connectivity index (χ1) is 18.8. The van der Waals surface area contributed by atoms with E-state index in [1.165, 1.54) is 0 Å². The van der Waals surface area contributed by atoms with Gasteiger partial charge in [0.1, 0.15) is 17.8 Å². The Labute approximate surface area is 238 Å². The molecule has 224 valence electrons. The van der Waals surface area contributed by atoms with Crippen LogP contribution in [0.4, 0.5) is 14.4 Å². The van der Waals surface area contributed by atoms with Crippen molar-refractivity contribution in [3.63, 3.8) is 0 Å². The molecule has 2 rings (SSSR count). The summed E-state index contributed by atoms with van der Waals surface area (Å²) in [5, 5.41) is 4.99. The van der Waals surface area contributed by atoms with Gasteiger partial charge in [0, 0.05) is 32.7 Å². The highest BCUT2D eigenvalue weighted by Gasteiger charge is 2.23. The fraction of sp³-hybridized carbons (Fsp3) is 0.655. The lowest BCUT2D eigenvalue weighted by Crippen LogP contribution is -2.48. The zero-order chi connectivity index (χ0) is 29.6. The number of hydrogen-bond acceptors (Lipinski definition) is 8. The van der Waals surface area contributed by atoms with Gasteiger partial charge < -0.3 is 19.1 Å². The van der Waals surface area contributed by atoms with Crippen LogP contribution in [0.25, 0.3) is 0 Å². The van der Waals surface area contributed by atoms with Crippen LogP contribution in [0.2, 0.25) is 0 Å². The van der Waals surface area contributed by atoms with Crippen molar-refractivity contribution in [3.05, 3.63) is 35.9 Å². The van der Waals surface area contributed by atoms with Crippen molar-refractivity contribution in [2.45, 2.75) is 85.0 Å². The third kappa shape index (κ3) is 14.7. The highest BCUT2D eigenvalue weighted by Crippen LogP contribution is 2.10. The highest BCUT2D eigenvalue weighted by molar-refractivity contribution is 6.01. The van der Waals surface area contributed by atoms with E-state index in [-0.39, 0.29) is 12.1 Å². The summed E-state index contributed by atoms with van der Waals surface area (Å²) in [6, 6.07) is 9.69. The van der Waals surface area contributed by atoms with Crippen LogP contribution in [-0.2, 0) is 20.8 Å². The zero-order valence-corrected chi connectivity index (χ0v) is 25.0.